The SMILES string of the molecule is c1ccc(-c2ccc3c(oc4ccccc43)c2N2c3cc4oc5ccccc5c4cc3B3c4cc5c(cc4N(c4c(-c6ccccc6)ccc6c4oc4ccccc46)c4cccc2c43)oc2ccccc25)cc1. The Hall–Kier alpha value is -9.72. The van der Waals surface area contributed by atoms with Gasteiger partial charge in [0, 0.05) is 89.1 Å². The number of benzene rings is 11. The smallest absolute Gasteiger partial charge is 0.252 e. The lowest BCUT2D eigenvalue weighted by molar-refractivity contribution is 0.667. The fourth-order valence-electron chi connectivity index (χ4n) is 12.5. The Bertz CT molecular complexity index is 4530. The number of para-hydroxylation sites is 4. The highest BCUT2D eigenvalue weighted by Crippen LogP contribution is 2.54. The summed E-state index contributed by atoms with van der Waals surface area (Å²) in [6.45, 7) is -0.232. The standard InChI is InChI=1S/C66H37BN2O4/c1-3-16-38(17-4-1)40-30-32-46-42-20-7-13-28-58(42)72-65(46)63(40)68-52-24-15-25-53-62(52)67(50-34-48-44-22-9-11-26-56(44)70-60(48)36-54(50)68)51-35-49-45-23-10-12-27-57(45)71-61(49)37-55(51)69(53)64-41(39-18-5-2-6-19-39)31-33-47-43-21-8-14-29-59(43)73-66(47)64/h1-37H. The second kappa shape index (κ2) is 14.4. The lowest BCUT2D eigenvalue weighted by Crippen LogP contribution is -2.61. The van der Waals surface area contributed by atoms with Gasteiger partial charge in [0.15, 0.2) is 11.2 Å². The first-order chi connectivity index (χ1) is 36.2. The third-order valence-corrected chi connectivity index (χ3v) is 15.6. The number of hydrogen-bond acceptors (Lipinski definition) is 6. The van der Waals surface area contributed by atoms with Crippen LogP contribution in [-0.4, -0.2) is 6.71 Å². The second-order valence-electron chi connectivity index (χ2n) is 19.4. The Labute approximate surface area is 417 Å². The van der Waals surface area contributed by atoms with E-state index in [0.717, 1.165) is 155 Å². The highest BCUT2D eigenvalue weighted by molar-refractivity contribution is 7.00. The van der Waals surface area contributed by atoms with E-state index in [-0.39, 0.29) is 6.71 Å². The van der Waals surface area contributed by atoms with Crippen molar-refractivity contribution in [3.8, 4) is 22.3 Å². The first kappa shape index (κ1) is 39.1. The van der Waals surface area contributed by atoms with E-state index < -0.39 is 0 Å². The zero-order chi connectivity index (χ0) is 47.5. The van der Waals surface area contributed by atoms with Crippen LogP contribution in [0, 0.1) is 0 Å². The predicted molar refractivity (Wildman–Crippen MR) is 300 cm³/mol. The Morgan fingerprint density at radius 3 is 1.10 bits per heavy atom. The van der Waals surface area contributed by atoms with Gasteiger partial charge in [-0.2, -0.15) is 0 Å². The van der Waals surface area contributed by atoms with Crippen LogP contribution in [0.2, 0.25) is 0 Å². The number of anilines is 6. The maximum absolute atomic E-state index is 7.13. The van der Waals surface area contributed by atoms with Gasteiger partial charge in [0.1, 0.15) is 33.5 Å². The number of rotatable bonds is 4. The van der Waals surface area contributed by atoms with Crippen LogP contribution in [0.4, 0.5) is 34.1 Å². The lowest BCUT2D eigenvalue weighted by Gasteiger charge is -2.44. The fraction of sp³-hybridized carbons (Fsp3) is 0. The van der Waals surface area contributed by atoms with Crippen LogP contribution >= 0.6 is 0 Å². The maximum atomic E-state index is 7.13. The minimum Gasteiger partial charge on any atom is -0.456 e. The summed E-state index contributed by atoms with van der Waals surface area (Å²) < 4.78 is 27.9. The maximum Gasteiger partial charge on any atom is 0.252 e. The number of hydrogen-bond donors (Lipinski definition) is 0. The molecule has 7 heteroatoms. The van der Waals surface area contributed by atoms with Crippen LogP contribution in [0.3, 0.4) is 0 Å². The summed E-state index contributed by atoms with van der Waals surface area (Å²) in [4.78, 5) is 4.94. The molecule has 0 spiro atoms. The van der Waals surface area contributed by atoms with E-state index in [1.54, 1.807) is 0 Å². The lowest BCUT2D eigenvalue weighted by atomic mass is 9.33. The highest BCUT2D eigenvalue weighted by Gasteiger charge is 2.46. The van der Waals surface area contributed by atoms with E-state index in [0.29, 0.717) is 0 Å². The van der Waals surface area contributed by atoms with Crippen molar-refractivity contribution in [1.82, 2.24) is 0 Å². The molecule has 6 nitrogen and oxygen atoms in total. The monoisotopic (exact) mass is 932 g/mol. The molecule has 0 unspecified atom stereocenters. The average Bonchev–Trinajstić information content (AvgIpc) is 4.25. The van der Waals surface area contributed by atoms with E-state index in [4.69, 9.17) is 17.7 Å². The van der Waals surface area contributed by atoms with Crippen LogP contribution < -0.4 is 26.2 Å². The van der Waals surface area contributed by atoms with Crippen molar-refractivity contribution < 1.29 is 17.7 Å². The van der Waals surface area contributed by atoms with Crippen LogP contribution in [-0.2, 0) is 0 Å². The van der Waals surface area contributed by atoms with E-state index in [1.165, 1.54) is 5.46 Å². The van der Waals surface area contributed by atoms with Gasteiger partial charge in [0.05, 0.1) is 11.4 Å². The molecular formula is C66H37BN2O4. The van der Waals surface area contributed by atoms with Crippen molar-refractivity contribution in [3.63, 3.8) is 0 Å². The molecule has 6 heterocycles. The molecule has 2 aliphatic heterocycles. The molecule has 338 valence electrons. The fourth-order valence-corrected chi connectivity index (χ4v) is 12.5. The summed E-state index contributed by atoms with van der Waals surface area (Å²) in [5.74, 6) is 0. The Morgan fingerprint density at radius 2 is 0.658 bits per heavy atom. The van der Waals surface area contributed by atoms with Crippen molar-refractivity contribution in [1.29, 1.82) is 0 Å². The molecule has 0 fully saturated rings. The van der Waals surface area contributed by atoms with Crippen molar-refractivity contribution in [2.24, 2.45) is 0 Å². The molecule has 17 rings (SSSR count). The Balaban J connectivity index is 1.06. The molecule has 2 aliphatic rings. The van der Waals surface area contributed by atoms with Gasteiger partial charge in [-0.3, -0.25) is 0 Å². The van der Waals surface area contributed by atoms with Gasteiger partial charge in [-0.1, -0.05) is 164 Å². The molecule has 11 aromatic carbocycles. The molecule has 0 saturated heterocycles. The number of fused-ring (bicyclic) bond motifs is 16. The first-order valence-electron chi connectivity index (χ1n) is 24.8. The minimum absolute atomic E-state index is 0.232. The van der Waals surface area contributed by atoms with Gasteiger partial charge < -0.3 is 27.5 Å². The largest absolute Gasteiger partial charge is 0.456 e. The molecule has 0 bridgehead atoms. The van der Waals surface area contributed by atoms with Crippen LogP contribution in [0.5, 0.6) is 0 Å². The van der Waals surface area contributed by atoms with Crippen molar-refractivity contribution in [2.75, 3.05) is 9.80 Å². The summed E-state index contributed by atoms with van der Waals surface area (Å²) >= 11 is 0. The molecular weight excluding hydrogens is 896 g/mol. The molecule has 0 saturated carbocycles. The summed E-state index contributed by atoms with van der Waals surface area (Å²) in [5, 5.41) is 8.53. The zero-order valence-electron chi connectivity index (χ0n) is 39.0. The van der Waals surface area contributed by atoms with Crippen LogP contribution in [0.1, 0.15) is 0 Å². The minimum atomic E-state index is -0.232. The summed E-state index contributed by atoms with van der Waals surface area (Å²) in [5.41, 5.74) is 20.4. The van der Waals surface area contributed by atoms with Gasteiger partial charge in [-0.15, -0.1) is 0 Å². The molecule has 73 heavy (non-hydrogen) atoms. The summed E-state index contributed by atoms with van der Waals surface area (Å²) in [7, 11) is 0. The predicted octanol–water partition coefficient (Wildman–Crippen LogP) is 16.7. The molecule has 15 aromatic rings. The first-order valence-corrected chi connectivity index (χ1v) is 24.8. The third-order valence-electron chi connectivity index (χ3n) is 15.6. The normalized spacial score (nSPS) is 13.1. The quantitative estimate of drug-likeness (QED) is 0.164. The van der Waals surface area contributed by atoms with E-state index >= 15 is 0 Å². The Kier molecular flexibility index (Phi) is 7.73. The second-order valence-corrected chi connectivity index (χ2v) is 19.4. The molecule has 4 aromatic heterocycles. The van der Waals surface area contributed by atoms with E-state index in [2.05, 4.69) is 210 Å². The van der Waals surface area contributed by atoms with E-state index in [1.807, 2.05) is 24.3 Å². The van der Waals surface area contributed by atoms with Crippen molar-refractivity contribution >= 4 is 145 Å². The van der Waals surface area contributed by atoms with Gasteiger partial charge >= 0.3 is 0 Å². The number of furan rings is 4. The van der Waals surface area contributed by atoms with Gasteiger partial charge in [0.2, 0.25) is 0 Å². The molecule has 0 radical (unpaired) electrons. The molecule has 0 atom stereocenters. The van der Waals surface area contributed by atoms with Gasteiger partial charge in [-0.25, -0.2) is 0 Å². The van der Waals surface area contributed by atoms with Crippen LogP contribution in [0.15, 0.2) is 242 Å². The Morgan fingerprint density at radius 1 is 0.274 bits per heavy atom. The third kappa shape index (κ3) is 5.32. The van der Waals surface area contributed by atoms with Crippen molar-refractivity contribution in [3.05, 3.63) is 224 Å². The zero-order valence-corrected chi connectivity index (χ0v) is 39.0. The molecule has 0 amide bonds. The van der Waals surface area contributed by atoms with Gasteiger partial charge in [-0.05, 0) is 76.0 Å². The molecule has 0 N–H and O–H groups in total. The van der Waals surface area contributed by atoms with E-state index in [9.17, 15) is 0 Å². The average molecular weight is 933 g/mol. The number of nitrogens with zero attached hydrogens (tertiary/aromatic N) is 2. The van der Waals surface area contributed by atoms with Crippen molar-refractivity contribution in [2.45, 2.75) is 0 Å². The molecule has 0 aliphatic carbocycles. The van der Waals surface area contributed by atoms with Crippen LogP contribution in [0.25, 0.3) is 110 Å². The van der Waals surface area contributed by atoms with Gasteiger partial charge in [0.25, 0.3) is 6.71 Å². The summed E-state index contributed by atoms with van der Waals surface area (Å²) in [6, 6.07) is 80.1. The topological polar surface area (TPSA) is 59.0 Å². The highest BCUT2D eigenvalue weighted by atomic mass is 16.3. The summed E-state index contributed by atoms with van der Waals surface area (Å²) in [6.07, 6.45) is 0.